The first kappa shape index (κ1) is 10.9. The van der Waals surface area contributed by atoms with E-state index in [2.05, 4.69) is 24.4 Å². The molecule has 0 aliphatic heterocycles. The van der Waals surface area contributed by atoms with Crippen LogP contribution in [0.25, 0.3) is 0 Å². The van der Waals surface area contributed by atoms with Crippen molar-refractivity contribution in [1.29, 1.82) is 0 Å². The lowest BCUT2D eigenvalue weighted by Crippen LogP contribution is -2.17. The zero-order valence-corrected chi connectivity index (χ0v) is 9.45. The Labute approximate surface area is 88.9 Å². The number of hydrogen-bond donors (Lipinski definition) is 1. The lowest BCUT2D eigenvalue weighted by molar-refractivity contribution is 0.785. The van der Waals surface area contributed by atoms with Crippen LogP contribution >= 0.6 is 23.4 Å². The molecule has 0 fully saturated rings. The largest absolute Gasteiger partial charge is 0.319 e. The average Bonchev–Trinajstić information content (AvgIpc) is 2.09. The first-order valence-electron chi connectivity index (χ1n) is 4.29. The molecule has 1 rings (SSSR count). The Morgan fingerprint density at radius 1 is 1.38 bits per heavy atom. The van der Waals surface area contributed by atoms with Gasteiger partial charge >= 0.3 is 0 Å². The highest BCUT2D eigenvalue weighted by Gasteiger charge is 2.02. The molecule has 1 aromatic carbocycles. The molecule has 0 radical (unpaired) electrons. The van der Waals surface area contributed by atoms with Crippen LogP contribution < -0.4 is 5.32 Å². The molecular weight excluding hydrogens is 202 g/mol. The predicted octanol–water partition coefficient (Wildman–Crippen LogP) is 3.04. The van der Waals surface area contributed by atoms with Gasteiger partial charge in [-0.3, -0.25) is 0 Å². The van der Waals surface area contributed by atoms with Gasteiger partial charge in [0, 0.05) is 21.7 Å². The van der Waals surface area contributed by atoms with Crippen molar-refractivity contribution in [3.8, 4) is 0 Å². The number of halogens is 1. The van der Waals surface area contributed by atoms with E-state index in [4.69, 9.17) is 11.6 Å². The van der Waals surface area contributed by atoms with Gasteiger partial charge in [0.25, 0.3) is 0 Å². The van der Waals surface area contributed by atoms with Gasteiger partial charge in [-0.25, -0.2) is 0 Å². The second kappa shape index (κ2) is 5.53. The van der Waals surface area contributed by atoms with E-state index in [1.165, 1.54) is 4.90 Å². The van der Waals surface area contributed by atoms with Crippen molar-refractivity contribution in [1.82, 2.24) is 5.32 Å². The molecule has 1 nitrogen and oxygen atoms in total. The van der Waals surface area contributed by atoms with Gasteiger partial charge in [-0.1, -0.05) is 18.5 Å². The third-order valence-corrected chi connectivity index (χ3v) is 3.01. The molecule has 0 saturated carbocycles. The minimum atomic E-state index is 0.589. The Morgan fingerprint density at radius 3 is 2.54 bits per heavy atom. The van der Waals surface area contributed by atoms with Crippen molar-refractivity contribution in [3.05, 3.63) is 29.3 Å². The molecule has 1 aromatic rings. The minimum Gasteiger partial charge on any atom is -0.319 e. The monoisotopic (exact) mass is 215 g/mol. The molecule has 0 aliphatic carbocycles. The van der Waals surface area contributed by atoms with Crippen LogP contribution in [0.15, 0.2) is 29.2 Å². The molecule has 0 spiro atoms. The van der Waals surface area contributed by atoms with E-state index in [-0.39, 0.29) is 0 Å². The summed E-state index contributed by atoms with van der Waals surface area (Å²) in [5.74, 6) is 0. The third-order valence-electron chi connectivity index (χ3n) is 1.64. The SMILES string of the molecule is CNCC(C)Sc1ccc(Cl)cc1. The van der Waals surface area contributed by atoms with Crippen LogP contribution in [0.1, 0.15) is 6.92 Å². The molecule has 0 aliphatic rings. The van der Waals surface area contributed by atoms with Crippen molar-refractivity contribution in [3.63, 3.8) is 0 Å². The Bertz CT molecular complexity index is 248. The lowest BCUT2D eigenvalue weighted by Gasteiger charge is -2.09. The normalized spacial score (nSPS) is 12.8. The number of rotatable bonds is 4. The highest BCUT2D eigenvalue weighted by atomic mass is 35.5. The van der Waals surface area contributed by atoms with Crippen LogP contribution in [-0.2, 0) is 0 Å². The second-order valence-electron chi connectivity index (χ2n) is 2.94. The third kappa shape index (κ3) is 4.03. The fraction of sp³-hybridized carbons (Fsp3) is 0.400. The van der Waals surface area contributed by atoms with E-state index < -0.39 is 0 Å². The molecule has 72 valence electrons. The van der Waals surface area contributed by atoms with E-state index in [0.717, 1.165) is 11.6 Å². The van der Waals surface area contributed by atoms with E-state index in [1.807, 2.05) is 30.9 Å². The van der Waals surface area contributed by atoms with Crippen LogP contribution in [0.2, 0.25) is 5.02 Å². The van der Waals surface area contributed by atoms with Crippen LogP contribution in [0.3, 0.4) is 0 Å². The maximum absolute atomic E-state index is 5.79. The zero-order chi connectivity index (χ0) is 9.68. The van der Waals surface area contributed by atoms with Crippen molar-refractivity contribution >= 4 is 23.4 Å². The van der Waals surface area contributed by atoms with Crippen molar-refractivity contribution in [2.75, 3.05) is 13.6 Å². The number of nitrogens with one attached hydrogen (secondary N) is 1. The van der Waals surface area contributed by atoms with Crippen molar-refractivity contribution in [2.45, 2.75) is 17.1 Å². The van der Waals surface area contributed by atoms with Crippen LogP contribution in [0.5, 0.6) is 0 Å². The van der Waals surface area contributed by atoms with Gasteiger partial charge < -0.3 is 5.32 Å². The fourth-order valence-corrected chi connectivity index (χ4v) is 2.21. The van der Waals surface area contributed by atoms with Gasteiger partial charge in [-0.05, 0) is 31.3 Å². The number of thioether (sulfide) groups is 1. The number of benzene rings is 1. The summed E-state index contributed by atoms with van der Waals surface area (Å²) in [5.41, 5.74) is 0. The van der Waals surface area contributed by atoms with E-state index >= 15 is 0 Å². The Balaban J connectivity index is 2.49. The minimum absolute atomic E-state index is 0.589. The van der Waals surface area contributed by atoms with Gasteiger partial charge in [0.15, 0.2) is 0 Å². The predicted molar refractivity (Wildman–Crippen MR) is 60.7 cm³/mol. The lowest BCUT2D eigenvalue weighted by atomic mass is 10.4. The summed E-state index contributed by atoms with van der Waals surface area (Å²) in [6, 6.07) is 7.96. The molecular formula is C10H14ClNS. The smallest absolute Gasteiger partial charge is 0.0406 e. The maximum atomic E-state index is 5.79. The topological polar surface area (TPSA) is 12.0 Å². The highest BCUT2D eigenvalue weighted by molar-refractivity contribution is 8.00. The molecule has 1 unspecified atom stereocenters. The standard InChI is InChI=1S/C10H14ClNS/c1-8(7-12-2)13-10-5-3-9(11)4-6-10/h3-6,8,12H,7H2,1-2H3. The first-order chi connectivity index (χ1) is 6.22. The Kier molecular flexibility index (Phi) is 4.64. The van der Waals surface area contributed by atoms with Gasteiger partial charge in [0.1, 0.15) is 0 Å². The summed E-state index contributed by atoms with van der Waals surface area (Å²) in [6.45, 7) is 3.23. The summed E-state index contributed by atoms with van der Waals surface area (Å²) in [5, 5.41) is 4.54. The van der Waals surface area contributed by atoms with Gasteiger partial charge in [0.2, 0.25) is 0 Å². The molecule has 1 N–H and O–H groups in total. The molecule has 0 amide bonds. The molecule has 13 heavy (non-hydrogen) atoms. The van der Waals surface area contributed by atoms with E-state index in [9.17, 15) is 0 Å². The van der Waals surface area contributed by atoms with E-state index in [1.54, 1.807) is 0 Å². The molecule has 0 aromatic heterocycles. The first-order valence-corrected chi connectivity index (χ1v) is 5.55. The summed E-state index contributed by atoms with van der Waals surface area (Å²) >= 11 is 7.64. The van der Waals surface area contributed by atoms with Crippen LogP contribution in [0.4, 0.5) is 0 Å². The Hall–Kier alpha value is -0.180. The second-order valence-corrected chi connectivity index (χ2v) is 4.89. The molecule has 0 saturated heterocycles. The molecule has 0 bridgehead atoms. The quantitative estimate of drug-likeness (QED) is 0.775. The van der Waals surface area contributed by atoms with Crippen LogP contribution in [0, 0.1) is 0 Å². The molecule has 3 heteroatoms. The highest BCUT2D eigenvalue weighted by Crippen LogP contribution is 2.23. The van der Waals surface area contributed by atoms with E-state index in [0.29, 0.717) is 5.25 Å². The summed E-state index contributed by atoms with van der Waals surface area (Å²) < 4.78 is 0. The van der Waals surface area contributed by atoms with Gasteiger partial charge in [0.05, 0.1) is 0 Å². The molecule has 1 atom stereocenters. The molecule has 0 heterocycles. The zero-order valence-electron chi connectivity index (χ0n) is 7.88. The summed E-state index contributed by atoms with van der Waals surface area (Å²) in [4.78, 5) is 1.27. The van der Waals surface area contributed by atoms with Gasteiger partial charge in [-0.15, -0.1) is 11.8 Å². The van der Waals surface area contributed by atoms with Crippen molar-refractivity contribution < 1.29 is 0 Å². The number of hydrogen-bond acceptors (Lipinski definition) is 2. The van der Waals surface area contributed by atoms with Crippen LogP contribution in [-0.4, -0.2) is 18.8 Å². The van der Waals surface area contributed by atoms with Gasteiger partial charge in [-0.2, -0.15) is 0 Å². The summed E-state index contributed by atoms with van der Waals surface area (Å²) in [7, 11) is 1.97. The summed E-state index contributed by atoms with van der Waals surface area (Å²) in [6.07, 6.45) is 0. The average molecular weight is 216 g/mol. The Morgan fingerprint density at radius 2 is 2.00 bits per heavy atom. The van der Waals surface area contributed by atoms with Crippen molar-refractivity contribution in [2.24, 2.45) is 0 Å². The fourth-order valence-electron chi connectivity index (χ4n) is 1.07. The maximum Gasteiger partial charge on any atom is 0.0406 e.